The highest BCUT2D eigenvalue weighted by Crippen LogP contribution is 2.23. The molecule has 1 amide bonds. The SMILES string of the molecule is NC(=O)c1ccc([C@@H]2CN(Cc3ccc4cc[nH]c4c3)CCO2)nc1. The molecule has 0 radical (unpaired) electrons. The van der Waals surface area contributed by atoms with Crippen molar-refractivity contribution in [1.29, 1.82) is 0 Å². The van der Waals surface area contributed by atoms with Crippen molar-refractivity contribution in [2.45, 2.75) is 12.6 Å². The smallest absolute Gasteiger partial charge is 0.250 e. The molecule has 0 spiro atoms. The van der Waals surface area contributed by atoms with Gasteiger partial charge in [-0.25, -0.2) is 0 Å². The second-order valence-corrected chi connectivity index (χ2v) is 6.33. The van der Waals surface area contributed by atoms with Gasteiger partial charge in [-0.1, -0.05) is 12.1 Å². The van der Waals surface area contributed by atoms with E-state index in [1.807, 2.05) is 12.3 Å². The molecule has 0 unspecified atom stereocenters. The van der Waals surface area contributed by atoms with Crippen LogP contribution in [0.2, 0.25) is 0 Å². The fourth-order valence-electron chi connectivity index (χ4n) is 3.22. The van der Waals surface area contributed by atoms with Gasteiger partial charge >= 0.3 is 0 Å². The van der Waals surface area contributed by atoms with E-state index in [0.717, 1.165) is 30.8 Å². The number of benzene rings is 1. The number of pyridine rings is 1. The fraction of sp³-hybridized carbons (Fsp3) is 0.263. The zero-order chi connectivity index (χ0) is 17.2. The molecular weight excluding hydrogens is 316 g/mol. The third-order valence-electron chi connectivity index (χ3n) is 4.58. The maximum Gasteiger partial charge on any atom is 0.250 e. The van der Waals surface area contributed by atoms with E-state index in [4.69, 9.17) is 10.5 Å². The summed E-state index contributed by atoms with van der Waals surface area (Å²) in [6.45, 7) is 3.19. The lowest BCUT2D eigenvalue weighted by Crippen LogP contribution is -2.38. The van der Waals surface area contributed by atoms with Crippen molar-refractivity contribution in [2.75, 3.05) is 19.7 Å². The molecule has 1 aromatic carbocycles. The number of fused-ring (bicyclic) bond motifs is 1. The summed E-state index contributed by atoms with van der Waals surface area (Å²) in [5.74, 6) is -0.468. The van der Waals surface area contributed by atoms with Crippen LogP contribution < -0.4 is 5.73 Å². The number of nitrogens with one attached hydrogen (secondary N) is 1. The zero-order valence-electron chi connectivity index (χ0n) is 13.8. The number of hydrogen-bond acceptors (Lipinski definition) is 4. The average molecular weight is 336 g/mol. The Kier molecular flexibility index (Phi) is 4.21. The van der Waals surface area contributed by atoms with Crippen LogP contribution in [0.15, 0.2) is 48.8 Å². The number of nitrogens with two attached hydrogens (primary N) is 1. The van der Waals surface area contributed by atoms with Gasteiger partial charge in [0.15, 0.2) is 0 Å². The Labute approximate surface area is 145 Å². The molecule has 4 rings (SSSR count). The highest BCUT2D eigenvalue weighted by atomic mass is 16.5. The quantitative estimate of drug-likeness (QED) is 0.765. The molecule has 0 bridgehead atoms. The van der Waals surface area contributed by atoms with Gasteiger partial charge in [-0.15, -0.1) is 0 Å². The minimum atomic E-state index is -0.468. The summed E-state index contributed by atoms with van der Waals surface area (Å²) < 4.78 is 5.86. The highest BCUT2D eigenvalue weighted by molar-refractivity contribution is 5.92. The van der Waals surface area contributed by atoms with Crippen LogP contribution in [0.4, 0.5) is 0 Å². The molecule has 3 N–H and O–H groups in total. The van der Waals surface area contributed by atoms with Gasteiger partial charge in [0, 0.05) is 37.5 Å². The number of carbonyl (C=O) groups is 1. The second-order valence-electron chi connectivity index (χ2n) is 6.33. The third kappa shape index (κ3) is 3.40. The first kappa shape index (κ1) is 15.8. The van der Waals surface area contributed by atoms with Gasteiger partial charge in [0.25, 0.3) is 0 Å². The van der Waals surface area contributed by atoms with E-state index in [2.05, 4.69) is 39.1 Å². The Morgan fingerprint density at radius 2 is 2.24 bits per heavy atom. The number of ether oxygens (including phenoxy) is 1. The molecular formula is C19H20N4O2. The number of hydrogen-bond donors (Lipinski definition) is 2. The number of primary amides is 1. The normalized spacial score (nSPS) is 18.5. The minimum Gasteiger partial charge on any atom is -0.369 e. The molecule has 6 heteroatoms. The van der Waals surface area contributed by atoms with Crippen LogP contribution in [0, 0.1) is 0 Å². The number of aromatic amines is 1. The zero-order valence-corrected chi connectivity index (χ0v) is 13.8. The summed E-state index contributed by atoms with van der Waals surface area (Å²) in [6.07, 6.45) is 3.38. The summed E-state index contributed by atoms with van der Waals surface area (Å²) in [5.41, 5.74) is 8.93. The van der Waals surface area contributed by atoms with Crippen LogP contribution in [-0.2, 0) is 11.3 Å². The van der Waals surface area contributed by atoms with Crippen molar-refractivity contribution in [1.82, 2.24) is 14.9 Å². The van der Waals surface area contributed by atoms with Gasteiger partial charge < -0.3 is 15.5 Å². The van der Waals surface area contributed by atoms with Crippen molar-refractivity contribution in [2.24, 2.45) is 5.73 Å². The van der Waals surface area contributed by atoms with Gasteiger partial charge in [0.1, 0.15) is 6.10 Å². The van der Waals surface area contributed by atoms with E-state index in [-0.39, 0.29) is 6.10 Å². The number of morpholine rings is 1. The first-order chi connectivity index (χ1) is 12.2. The Bertz CT molecular complexity index is 888. The molecule has 128 valence electrons. The van der Waals surface area contributed by atoms with Crippen LogP contribution in [0.5, 0.6) is 0 Å². The molecule has 1 saturated heterocycles. The van der Waals surface area contributed by atoms with Crippen LogP contribution >= 0.6 is 0 Å². The molecule has 1 fully saturated rings. The molecule has 2 aromatic heterocycles. The maximum atomic E-state index is 11.2. The minimum absolute atomic E-state index is 0.0927. The molecule has 3 aromatic rings. The lowest BCUT2D eigenvalue weighted by Gasteiger charge is -2.32. The Morgan fingerprint density at radius 1 is 1.32 bits per heavy atom. The molecule has 0 saturated carbocycles. The molecule has 25 heavy (non-hydrogen) atoms. The molecule has 1 aliphatic rings. The average Bonchev–Trinajstić information content (AvgIpc) is 3.10. The van der Waals surface area contributed by atoms with Crippen LogP contribution in [0.25, 0.3) is 10.9 Å². The van der Waals surface area contributed by atoms with Crippen molar-refractivity contribution >= 4 is 16.8 Å². The van der Waals surface area contributed by atoms with E-state index in [1.165, 1.54) is 17.1 Å². The van der Waals surface area contributed by atoms with Crippen LogP contribution in [0.1, 0.15) is 27.7 Å². The number of amides is 1. The number of nitrogens with zero attached hydrogens (tertiary/aromatic N) is 2. The fourth-order valence-corrected chi connectivity index (χ4v) is 3.22. The van der Waals surface area contributed by atoms with Gasteiger partial charge in [-0.3, -0.25) is 14.7 Å². The Hall–Kier alpha value is -2.70. The summed E-state index contributed by atoms with van der Waals surface area (Å²) >= 11 is 0. The largest absolute Gasteiger partial charge is 0.369 e. The summed E-state index contributed by atoms with van der Waals surface area (Å²) in [6, 6.07) is 12.1. The first-order valence-electron chi connectivity index (χ1n) is 8.35. The number of carbonyl (C=O) groups excluding carboxylic acids is 1. The maximum absolute atomic E-state index is 11.2. The highest BCUT2D eigenvalue weighted by Gasteiger charge is 2.23. The Morgan fingerprint density at radius 3 is 3.04 bits per heavy atom. The third-order valence-corrected chi connectivity index (χ3v) is 4.58. The van der Waals surface area contributed by atoms with Crippen LogP contribution in [-0.4, -0.2) is 40.5 Å². The standard InChI is InChI=1S/C19H20N4O2/c20-19(24)15-3-4-16(22-10-15)18-12-23(7-8-25-18)11-13-1-2-14-5-6-21-17(14)9-13/h1-6,9-10,18,21H,7-8,11-12H2,(H2,20,24)/t18-/m0/s1. The van der Waals surface area contributed by atoms with Crippen molar-refractivity contribution in [3.63, 3.8) is 0 Å². The molecule has 3 heterocycles. The van der Waals surface area contributed by atoms with Gasteiger partial charge in [-0.2, -0.15) is 0 Å². The van der Waals surface area contributed by atoms with E-state index >= 15 is 0 Å². The summed E-state index contributed by atoms with van der Waals surface area (Å²) in [4.78, 5) is 21.1. The molecule has 0 aliphatic carbocycles. The van der Waals surface area contributed by atoms with E-state index in [9.17, 15) is 4.79 Å². The lowest BCUT2D eigenvalue weighted by molar-refractivity contribution is -0.0349. The predicted octanol–water partition coefficient (Wildman–Crippen LogP) is 2.24. The van der Waals surface area contributed by atoms with Gasteiger partial charge in [0.05, 0.1) is 17.9 Å². The monoisotopic (exact) mass is 336 g/mol. The Balaban J connectivity index is 1.45. The van der Waals surface area contributed by atoms with Crippen molar-refractivity contribution in [3.05, 3.63) is 65.6 Å². The molecule has 1 atom stereocenters. The van der Waals surface area contributed by atoms with Crippen molar-refractivity contribution in [3.8, 4) is 0 Å². The van der Waals surface area contributed by atoms with Gasteiger partial charge in [0.2, 0.25) is 5.91 Å². The molecule has 6 nitrogen and oxygen atoms in total. The number of rotatable bonds is 4. The number of H-pyrrole nitrogens is 1. The topological polar surface area (TPSA) is 84.2 Å². The predicted molar refractivity (Wildman–Crippen MR) is 95.0 cm³/mol. The second kappa shape index (κ2) is 6.66. The first-order valence-corrected chi connectivity index (χ1v) is 8.35. The van der Waals surface area contributed by atoms with E-state index in [0.29, 0.717) is 12.2 Å². The number of aromatic nitrogens is 2. The van der Waals surface area contributed by atoms with Crippen LogP contribution in [0.3, 0.4) is 0 Å². The van der Waals surface area contributed by atoms with Crippen molar-refractivity contribution < 1.29 is 9.53 Å². The molecule has 1 aliphatic heterocycles. The van der Waals surface area contributed by atoms with E-state index < -0.39 is 5.91 Å². The summed E-state index contributed by atoms with van der Waals surface area (Å²) in [7, 11) is 0. The van der Waals surface area contributed by atoms with E-state index in [1.54, 1.807) is 6.07 Å². The lowest BCUT2D eigenvalue weighted by atomic mass is 10.1. The summed E-state index contributed by atoms with van der Waals surface area (Å²) in [5, 5.41) is 1.22. The van der Waals surface area contributed by atoms with Gasteiger partial charge in [-0.05, 0) is 35.2 Å².